The van der Waals surface area contributed by atoms with Gasteiger partial charge in [-0.05, 0) is 24.6 Å². The molecule has 0 aromatic carbocycles. The fourth-order valence-electron chi connectivity index (χ4n) is 0.726. The molecular formula is C17H28N4O2. The Hall–Kier alpha value is -2.99. The van der Waals surface area contributed by atoms with E-state index in [1.54, 1.807) is 12.4 Å². The summed E-state index contributed by atoms with van der Waals surface area (Å²) in [5.74, 6) is 3.99. The van der Waals surface area contributed by atoms with Crippen molar-refractivity contribution in [3.05, 3.63) is 30.1 Å². The number of aromatic nitrogens is 1. The van der Waals surface area contributed by atoms with Crippen LogP contribution in [0, 0.1) is 32.6 Å². The van der Waals surface area contributed by atoms with Gasteiger partial charge in [0.25, 0.3) is 0 Å². The molecular weight excluding hydrogens is 292 g/mol. The Labute approximate surface area is 140 Å². The zero-order valence-electron chi connectivity index (χ0n) is 14.1. The average molecular weight is 320 g/mol. The summed E-state index contributed by atoms with van der Waals surface area (Å²) in [4.78, 5) is 13.7. The molecule has 0 amide bonds. The van der Waals surface area contributed by atoms with Gasteiger partial charge < -0.3 is 16.7 Å². The SMILES string of the molecule is C#C.C#C.CCC.Cc1ccncc1.N/N=C(\N)CCC(=O)O. The van der Waals surface area contributed by atoms with Crippen molar-refractivity contribution < 1.29 is 9.90 Å². The van der Waals surface area contributed by atoms with Crippen molar-refractivity contribution in [3.8, 4) is 25.7 Å². The summed E-state index contributed by atoms with van der Waals surface area (Å²) in [6, 6.07) is 3.94. The molecule has 6 nitrogen and oxygen atoms in total. The standard InChI is InChI=1S/C6H7N.C4H9N3O2.C3H8.2C2H2/c1-6-2-4-7-5-3-6;5-3(7-6)1-2-4(8)9;1-3-2;2*1-2/h2-5H,1H3;1-2,6H2,(H2,5,7)(H,8,9);3H2,1-2H3;2*1-2H. The van der Waals surface area contributed by atoms with E-state index >= 15 is 0 Å². The quantitative estimate of drug-likeness (QED) is 0.260. The number of terminal acetylenes is 2. The van der Waals surface area contributed by atoms with Crippen LogP contribution in [0.2, 0.25) is 0 Å². The van der Waals surface area contributed by atoms with Crippen LogP contribution in [0.15, 0.2) is 29.6 Å². The first-order valence-corrected chi connectivity index (χ1v) is 6.75. The van der Waals surface area contributed by atoms with E-state index in [2.05, 4.69) is 49.6 Å². The molecule has 23 heavy (non-hydrogen) atoms. The molecule has 1 aromatic heterocycles. The van der Waals surface area contributed by atoms with Gasteiger partial charge in [0.1, 0.15) is 5.84 Å². The number of aryl methyl sites for hydroxylation is 1. The van der Waals surface area contributed by atoms with Gasteiger partial charge in [0.2, 0.25) is 0 Å². The largest absolute Gasteiger partial charge is 0.481 e. The lowest BCUT2D eigenvalue weighted by atomic mass is 10.3. The maximum atomic E-state index is 9.87. The number of hydrogen-bond donors (Lipinski definition) is 3. The Morgan fingerprint density at radius 1 is 1.17 bits per heavy atom. The zero-order chi connectivity index (χ0) is 19.1. The fraction of sp³-hybridized carbons (Fsp3) is 0.353. The second kappa shape index (κ2) is 27.4. The Kier molecular flexibility index (Phi) is 33.6. The minimum absolute atomic E-state index is 0.0213. The van der Waals surface area contributed by atoms with Crippen LogP contribution >= 0.6 is 0 Å². The molecule has 1 heterocycles. The number of hydrazone groups is 1. The molecule has 0 saturated carbocycles. The molecule has 0 bridgehead atoms. The van der Waals surface area contributed by atoms with E-state index in [0.717, 1.165) is 0 Å². The van der Waals surface area contributed by atoms with Crippen LogP contribution in [-0.4, -0.2) is 21.9 Å². The molecule has 0 aliphatic rings. The van der Waals surface area contributed by atoms with Gasteiger partial charge in [-0.3, -0.25) is 9.78 Å². The number of aliphatic carboxylic acids is 1. The normalized spacial score (nSPS) is 8.04. The lowest BCUT2D eigenvalue weighted by molar-refractivity contribution is -0.136. The molecule has 0 aliphatic carbocycles. The number of hydrogen-bond acceptors (Lipinski definition) is 4. The number of nitrogens with two attached hydrogens (primary N) is 2. The van der Waals surface area contributed by atoms with Crippen molar-refractivity contribution in [2.75, 3.05) is 0 Å². The van der Waals surface area contributed by atoms with Crippen LogP contribution in [0.25, 0.3) is 0 Å². The third-order valence-electron chi connectivity index (χ3n) is 1.61. The number of amidine groups is 1. The predicted molar refractivity (Wildman–Crippen MR) is 97.4 cm³/mol. The minimum Gasteiger partial charge on any atom is -0.481 e. The maximum absolute atomic E-state index is 9.87. The van der Waals surface area contributed by atoms with Crippen LogP contribution in [0.3, 0.4) is 0 Å². The van der Waals surface area contributed by atoms with Crippen LogP contribution in [0.4, 0.5) is 0 Å². The Bertz CT molecular complexity index is 420. The van der Waals surface area contributed by atoms with Gasteiger partial charge in [0, 0.05) is 18.8 Å². The second-order valence-corrected chi connectivity index (χ2v) is 3.75. The van der Waals surface area contributed by atoms with Gasteiger partial charge >= 0.3 is 5.97 Å². The Morgan fingerprint density at radius 2 is 1.57 bits per heavy atom. The second-order valence-electron chi connectivity index (χ2n) is 3.75. The fourth-order valence-corrected chi connectivity index (χ4v) is 0.726. The Balaban J connectivity index is -0.000000114. The van der Waals surface area contributed by atoms with E-state index in [4.69, 9.17) is 16.7 Å². The highest BCUT2D eigenvalue weighted by molar-refractivity contribution is 5.83. The van der Waals surface area contributed by atoms with Crippen molar-refractivity contribution in [2.24, 2.45) is 16.7 Å². The third kappa shape index (κ3) is 38.1. The summed E-state index contributed by atoms with van der Waals surface area (Å²) in [5.41, 5.74) is 6.34. The molecule has 6 heteroatoms. The van der Waals surface area contributed by atoms with Crippen LogP contribution in [0.1, 0.15) is 38.7 Å². The summed E-state index contributed by atoms with van der Waals surface area (Å²) in [6.07, 6.45) is 21.0. The number of carboxylic acid groups (broad SMARTS) is 1. The van der Waals surface area contributed by atoms with Crippen LogP contribution < -0.4 is 11.6 Å². The molecule has 0 radical (unpaired) electrons. The number of carbonyl (C=O) groups is 1. The van der Waals surface area contributed by atoms with Crippen molar-refractivity contribution in [1.82, 2.24) is 4.98 Å². The van der Waals surface area contributed by atoms with E-state index in [0.29, 0.717) is 0 Å². The maximum Gasteiger partial charge on any atom is 0.303 e. The predicted octanol–water partition coefficient (Wildman–Crippen LogP) is 2.39. The molecule has 0 fully saturated rings. The van der Waals surface area contributed by atoms with Crippen molar-refractivity contribution in [1.29, 1.82) is 0 Å². The van der Waals surface area contributed by atoms with Gasteiger partial charge in [0.05, 0.1) is 6.42 Å². The first kappa shape index (κ1) is 28.2. The summed E-state index contributed by atoms with van der Waals surface area (Å²) in [5, 5.41) is 11.2. The molecule has 0 aliphatic heterocycles. The van der Waals surface area contributed by atoms with E-state index in [1.807, 2.05) is 19.1 Å². The lowest BCUT2D eigenvalue weighted by Crippen LogP contribution is -2.15. The van der Waals surface area contributed by atoms with Crippen molar-refractivity contribution in [2.45, 2.75) is 40.0 Å². The summed E-state index contributed by atoms with van der Waals surface area (Å²) in [6.45, 7) is 6.29. The lowest BCUT2D eigenvalue weighted by Gasteiger charge is -1.92. The number of carboxylic acids is 1. The van der Waals surface area contributed by atoms with E-state index in [1.165, 1.54) is 12.0 Å². The highest BCUT2D eigenvalue weighted by Gasteiger charge is 1.97. The molecule has 5 N–H and O–H groups in total. The minimum atomic E-state index is -0.901. The molecule has 1 aromatic rings. The summed E-state index contributed by atoms with van der Waals surface area (Å²) >= 11 is 0. The first-order chi connectivity index (χ1) is 11.0. The zero-order valence-corrected chi connectivity index (χ0v) is 14.1. The molecule has 128 valence electrons. The van der Waals surface area contributed by atoms with Gasteiger partial charge in [-0.1, -0.05) is 20.3 Å². The molecule has 1 rings (SSSR count). The highest BCUT2D eigenvalue weighted by Crippen LogP contribution is 1.88. The van der Waals surface area contributed by atoms with E-state index in [-0.39, 0.29) is 18.7 Å². The van der Waals surface area contributed by atoms with E-state index < -0.39 is 5.97 Å². The monoisotopic (exact) mass is 320 g/mol. The van der Waals surface area contributed by atoms with Crippen molar-refractivity contribution >= 4 is 11.8 Å². The topological polar surface area (TPSA) is 115 Å². The number of rotatable bonds is 3. The molecule has 0 spiro atoms. The van der Waals surface area contributed by atoms with Gasteiger partial charge in [0.15, 0.2) is 0 Å². The first-order valence-electron chi connectivity index (χ1n) is 6.75. The van der Waals surface area contributed by atoms with Crippen LogP contribution in [0.5, 0.6) is 0 Å². The third-order valence-corrected chi connectivity index (χ3v) is 1.61. The van der Waals surface area contributed by atoms with Gasteiger partial charge in [-0.2, -0.15) is 5.10 Å². The average Bonchev–Trinajstić information content (AvgIpc) is 2.58. The van der Waals surface area contributed by atoms with Gasteiger partial charge in [-0.25, -0.2) is 0 Å². The number of nitrogens with zero attached hydrogens (tertiary/aromatic N) is 2. The molecule has 0 atom stereocenters. The summed E-state index contributed by atoms with van der Waals surface area (Å²) in [7, 11) is 0. The molecule has 0 unspecified atom stereocenters. The van der Waals surface area contributed by atoms with Crippen LogP contribution in [-0.2, 0) is 4.79 Å². The highest BCUT2D eigenvalue weighted by atomic mass is 16.4. The van der Waals surface area contributed by atoms with E-state index in [9.17, 15) is 4.79 Å². The summed E-state index contributed by atoms with van der Waals surface area (Å²) < 4.78 is 0. The molecule has 0 saturated heterocycles. The van der Waals surface area contributed by atoms with Crippen molar-refractivity contribution in [3.63, 3.8) is 0 Å². The number of pyridine rings is 1. The smallest absolute Gasteiger partial charge is 0.303 e. The Morgan fingerprint density at radius 3 is 1.78 bits per heavy atom. The van der Waals surface area contributed by atoms with Gasteiger partial charge in [-0.15, -0.1) is 25.7 Å².